The summed E-state index contributed by atoms with van der Waals surface area (Å²) in [5.74, 6) is -0.582. The van der Waals surface area contributed by atoms with E-state index in [0.29, 0.717) is 18.8 Å². The fourth-order valence-electron chi connectivity index (χ4n) is 5.27. The zero-order valence-corrected chi connectivity index (χ0v) is 25.4. The van der Waals surface area contributed by atoms with Gasteiger partial charge in [0.15, 0.2) is 0 Å². The monoisotopic (exact) mass is 631 g/mol. The zero-order chi connectivity index (χ0) is 31.9. The van der Waals surface area contributed by atoms with Crippen LogP contribution >= 0.6 is 0 Å². The lowest BCUT2D eigenvalue weighted by molar-refractivity contribution is 0.481. The van der Waals surface area contributed by atoms with Crippen LogP contribution < -0.4 is 0 Å². The average molecular weight is 632 g/mol. The molecule has 6 aromatic rings. The first kappa shape index (κ1) is 30.4. The van der Waals surface area contributed by atoms with Crippen molar-refractivity contribution in [2.24, 2.45) is 5.18 Å². The van der Waals surface area contributed by atoms with Crippen LogP contribution in [-0.2, 0) is 35.5 Å². The number of nitroso groups, excluding NO2 is 1. The molecular weight excluding hydrogens is 602 g/mol. The number of nitrogens with zero attached hydrogens (tertiary/aromatic N) is 7. The topological polar surface area (TPSA) is 145 Å². The third-order valence-corrected chi connectivity index (χ3v) is 7.94. The fourth-order valence-corrected chi connectivity index (χ4v) is 5.78. The van der Waals surface area contributed by atoms with Crippen molar-refractivity contribution in [2.45, 2.75) is 25.4 Å². The highest BCUT2D eigenvalue weighted by Crippen LogP contribution is 2.37. The number of aromatic nitrogens is 6. The van der Waals surface area contributed by atoms with E-state index in [2.05, 4.69) is 86.5 Å². The molecule has 2 aromatic heterocycles. The molecule has 11 nitrogen and oxygen atoms in total. The summed E-state index contributed by atoms with van der Waals surface area (Å²) < 4.78 is 34.8. The number of rotatable bonds is 12. The summed E-state index contributed by atoms with van der Waals surface area (Å²) >= 11 is 0. The van der Waals surface area contributed by atoms with Crippen LogP contribution in [0.4, 0.5) is 0 Å². The SMILES string of the molecule is O=NCc1cn(Cc2ccc(/C(=C(\c3ccccc3)c3ccc(Cn4cc(CS(=O)(=O)O)nn4)cc3)c3ccccc3)cc2)nn1. The van der Waals surface area contributed by atoms with E-state index in [1.807, 2.05) is 48.5 Å². The molecule has 0 aliphatic heterocycles. The van der Waals surface area contributed by atoms with E-state index >= 15 is 0 Å². The predicted octanol–water partition coefficient (Wildman–Crippen LogP) is 5.63. The van der Waals surface area contributed by atoms with Gasteiger partial charge < -0.3 is 0 Å². The van der Waals surface area contributed by atoms with E-state index in [9.17, 15) is 13.3 Å². The van der Waals surface area contributed by atoms with Crippen LogP contribution in [0.3, 0.4) is 0 Å². The van der Waals surface area contributed by atoms with E-state index in [1.165, 1.54) is 6.20 Å². The second-order valence-electron chi connectivity index (χ2n) is 10.7. The van der Waals surface area contributed by atoms with Gasteiger partial charge in [0.05, 0.1) is 19.3 Å². The third-order valence-electron chi connectivity index (χ3n) is 7.28. The minimum Gasteiger partial charge on any atom is -0.285 e. The van der Waals surface area contributed by atoms with Gasteiger partial charge in [-0.2, -0.15) is 13.3 Å². The summed E-state index contributed by atoms with van der Waals surface area (Å²) in [7, 11) is -4.19. The van der Waals surface area contributed by atoms with Crippen molar-refractivity contribution in [3.05, 3.63) is 171 Å². The van der Waals surface area contributed by atoms with Gasteiger partial charge in [-0.05, 0) is 44.5 Å². The van der Waals surface area contributed by atoms with Gasteiger partial charge in [0, 0.05) is 6.20 Å². The smallest absolute Gasteiger partial charge is 0.270 e. The Bertz CT molecular complexity index is 2070. The summed E-state index contributed by atoms with van der Waals surface area (Å²) in [6.07, 6.45) is 3.24. The summed E-state index contributed by atoms with van der Waals surface area (Å²) in [6.45, 7) is 0.882. The van der Waals surface area contributed by atoms with Gasteiger partial charge in [0.2, 0.25) is 0 Å². The van der Waals surface area contributed by atoms with Crippen molar-refractivity contribution in [1.82, 2.24) is 30.0 Å². The molecule has 230 valence electrons. The fraction of sp³-hybridized carbons (Fsp3) is 0.118. The Morgan fingerprint density at radius 2 is 1.02 bits per heavy atom. The summed E-state index contributed by atoms with van der Waals surface area (Å²) in [5, 5.41) is 18.8. The molecule has 0 aliphatic carbocycles. The molecule has 12 heteroatoms. The second-order valence-corrected chi connectivity index (χ2v) is 12.2. The van der Waals surface area contributed by atoms with Crippen LogP contribution in [0.25, 0.3) is 11.1 Å². The second kappa shape index (κ2) is 13.6. The minimum absolute atomic E-state index is 0.00809. The first-order chi connectivity index (χ1) is 22.3. The predicted molar refractivity (Wildman–Crippen MR) is 174 cm³/mol. The van der Waals surface area contributed by atoms with Crippen molar-refractivity contribution in [3.63, 3.8) is 0 Å². The van der Waals surface area contributed by atoms with Gasteiger partial charge in [-0.3, -0.25) is 4.55 Å². The Morgan fingerprint density at radius 3 is 1.46 bits per heavy atom. The van der Waals surface area contributed by atoms with Gasteiger partial charge in [-0.15, -0.1) is 10.2 Å². The lowest BCUT2D eigenvalue weighted by atomic mass is 9.85. The normalized spacial score (nSPS) is 12.1. The minimum atomic E-state index is -4.19. The molecule has 0 aliphatic rings. The molecule has 0 saturated carbocycles. The van der Waals surface area contributed by atoms with Gasteiger partial charge in [-0.1, -0.05) is 125 Å². The maximum absolute atomic E-state index is 11.2. The number of hydrogen-bond donors (Lipinski definition) is 1. The summed E-state index contributed by atoms with van der Waals surface area (Å²) in [6, 6.07) is 37.0. The van der Waals surface area contributed by atoms with Gasteiger partial charge in [-0.25, -0.2) is 9.36 Å². The maximum Gasteiger partial charge on any atom is 0.270 e. The summed E-state index contributed by atoms with van der Waals surface area (Å²) in [4.78, 5) is 10.6. The van der Waals surface area contributed by atoms with Crippen molar-refractivity contribution < 1.29 is 13.0 Å². The first-order valence-electron chi connectivity index (χ1n) is 14.4. The molecule has 0 spiro atoms. The highest BCUT2D eigenvalue weighted by molar-refractivity contribution is 7.85. The van der Waals surface area contributed by atoms with Crippen LogP contribution in [0.15, 0.2) is 127 Å². The van der Waals surface area contributed by atoms with Gasteiger partial charge >= 0.3 is 0 Å². The van der Waals surface area contributed by atoms with E-state index in [0.717, 1.165) is 44.5 Å². The molecule has 0 fully saturated rings. The molecule has 0 bridgehead atoms. The van der Waals surface area contributed by atoms with E-state index in [-0.39, 0.29) is 12.2 Å². The quantitative estimate of drug-likeness (QED) is 0.104. The Hall–Kier alpha value is -5.59. The lowest BCUT2D eigenvalue weighted by Crippen LogP contribution is -2.02. The van der Waals surface area contributed by atoms with Crippen molar-refractivity contribution >= 4 is 21.3 Å². The Kier molecular flexibility index (Phi) is 8.99. The molecule has 1 N–H and O–H groups in total. The molecule has 0 radical (unpaired) electrons. The lowest BCUT2D eigenvalue weighted by Gasteiger charge is -2.19. The molecule has 4 aromatic carbocycles. The molecule has 46 heavy (non-hydrogen) atoms. The Balaban J connectivity index is 1.37. The standard InChI is InChI=1S/C34H29N7O4S/c42-35-19-31-22-40(38-36-31)20-25-11-15-29(16-12-25)33(27-7-3-1-4-8-27)34(28-9-5-2-6-10-28)30-17-13-26(14-18-30)21-41-23-32(37-39-41)24-46(43,44)45/h1-18,22-23H,19-21,24H2,(H,43,44,45)/b34-33+. The number of hydrogen-bond acceptors (Lipinski definition) is 8. The van der Waals surface area contributed by atoms with Crippen molar-refractivity contribution in [1.29, 1.82) is 0 Å². The van der Waals surface area contributed by atoms with Gasteiger partial charge in [0.1, 0.15) is 23.7 Å². The Labute approximate surface area is 265 Å². The highest BCUT2D eigenvalue weighted by atomic mass is 32.2. The molecular formula is C34H29N7O4S. The zero-order valence-electron chi connectivity index (χ0n) is 24.6. The molecule has 0 amide bonds. The van der Waals surface area contributed by atoms with Gasteiger partial charge in [0.25, 0.3) is 10.1 Å². The highest BCUT2D eigenvalue weighted by Gasteiger charge is 2.17. The van der Waals surface area contributed by atoms with E-state index in [1.54, 1.807) is 15.6 Å². The third kappa shape index (κ3) is 7.54. The number of benzene rings is 4. The maximum atomic E-state index is 11.2. The molecule has 0 atom stereocenters. The average Bonchev–Trinajstić information content (AvgIpc) is 3.69. The largest absolute Gasteiger partial charge is 0.285 e. The van der Waals surface area contributed by atoms with Crippen LogP contribution in [0, 0.1) is 4.91 Å². The van der Waals surface area contributed by atoms with E-state index < -0.39 is 15.9 Å². The summed E-state index contributed by atoms with van der Waals surface area (Å²) in [5.41, 5.74) is 8.99. The molecule has 6 rings (SSSR count). The van der Waals surface area contributed by atoms with Crippen LogP contribution in [0.5, 0.6) is 0 Å². The van der Waals surface area contributed by atoms with Crippen molar-refractivity contribution in [3.8, 4) is 0 Å². The molecule has 2 heterocycles. The Morgan fingerprint density at radius 1 is 0.609 bits per heavy atom. The van der Waals surface area contributed by atoms with Crippen molar-refractivity contribution in [2.75, 3.05) is 0 Å². The molecule has 0 unspecified atom stereocenters. The van der Waals surface area contributed by atoms with Crippen LogP contribution in [0.1, 0.15) is 44.8 Å². The van der Waals surface area contributed by atoms with Crippen LogP contribution in [0.2, 0.25) is 0 Å². The van der Waals surface area contributed by atoms with E-state index in [4.69, 9.17) is 4.55 Å². The molecule has 0 saturated heterocycles. The first-order valence-corrected chi connectivity index (χ1v) is 16.0. The van der Waals surface area contributed by atoms with Crippen LogP contribution in [-0.4, -0.2) is 43.0 Å².